The summed E-state index contributed by atoms with van der Waals surface area (Å²) in [6.07, 6.45) is 0. The van der Waals surface area contributed by atoms with Crippen LogP contribution in [0.25, 0.3) is 0 Å². The summed E-state index contributed by atoms with van der Waals surface area (Å²) in [5.74, 6) is 0. The van der Waals surface area contributed by atoms with Crippen molar-refractivity contribution in [3.8, 4) is 0 Å². The van der Waals surface area contributed by atoms with Crippen LogP contribution in [0.1, 0.15) is 12.5 Å². The number of nitrogens with zero attached hydrogens (tertiary/aromatic N) is 1. The highest BCUT2D eigenvalue weighted by molar-refractivity contribution is 6.30. The maximum Gasteiger partial charge on any atom is 0.0702 e. The minimum absolute atomic E-state index is 0.000620. The molecular formula is C12H18ClNO2. The third kappa shape index (κ3) is 3.37. The van der Waals surface area contributed by atoms with Gasteiger partial charge in [0.2, 0.25) is 0 Å². The van der Waals surface area contributed by atoms with Crippen molar-refractivity contribution in [2.45, 2.75) is 13.5 Å². The van der Waals surface area contributed by atoms with Crippen molar-refractivity contribution < 1.29 is 9.84 Å². The first-order valence-electron chi connectivity index (χ1n) is 5.36. The normalized spacial score (nSPS) is 10.5. The molecule has 1 rings (SSSR count). The quantitative estimate of drug-likeness (QED) is 0.832. The Labute approximate surface area is 102 Å². The highest BCUT2D eigenvalue weighted by atomic mass is 35.5. The zero-order valence-electron chi connectivity index (χ0n) is 9.74. The van der Waals surface area contributed by atoms with E-state index in [1.54, 1.807) is 13.2 Å². The molecule has 0 aliphatic carbocycles. The number of anilines is 1. The SMILES string of the molecule is CCN(CCOC)c1ccc(Cl)cc1CO. The topological polar surface area (TPSA) is 32.7 Å². The van der Waals surface area contributed by atoms with Crippen LogP contribution < -0.4 is 4.90 Å². The summed E-state index contributed by atoms with van der Waals surface area (Å²) < 4.78 is 5.06. The number of aliphatic hydroxyl groups excluding tert-OH is 1. The predicted molar refractivity (Wildman–Crippen MR) is 67.1 cm³/mol. The van der Waals surface area contributed by atoms with Crippen LogP contribution in [0, 0.1) is 0 Å². The second-order valence-electron chi connectivity index (χ2n) is 3.50. The first kappa shape index (κ1) is 13.3. The van der Waals surface area contributed by atoms with Crippen LogP contribution in [0.2, 0.25) is 5.02 Å². The van der Waals surface area contributed by atoms with Gasteiger partial charge in [-0.15, -0.1) is 0 Å². The lowest BCUT2D eigenvalue weighted by atomic mass is 10.1. The molecule has 0 heterocycles. The molecule has 0 aromatic heterocycles. The summed E-state index contributed by atoms with van der Waals surface area (Å²) in [5, 5.41) is 9.94. The lowest BCUT2D eigenvalue weighted by Gasteiger charge is -2.25. The molecule has 1 N–H and O–H groups in total. The summed E-state index contributed by atoms with van der Waals surface area (Å²) >= 11 is 5.89. The maximum atomic E-state index is 9.30. The Morgan fingerprint density at radius 3 is 2.75 bits per heavy atom. The van der Waals surface area contributed by atoms with Crippen molar-refractivity contribution in [3.05, 3.63) is 28.8 Å². The molecule has 0 saturated heterocycles. The number of hydrogen-bond donors (Lipinski definition) is 1. The average Bonchev–Trinajstić information content (AvgIpc) is 2.31. The number of ether oxygens (including phenoxy) is 1. The van der Waals surface area contributed by atoms with Crippen molar-refractivity contribution in [2.75, 3.05) is 31.7 Å². The molecule has 0 aliphatic heterocycles. The Hall–Kier alpha value is -0.770. The van der Waals surface area contributed by atoms with Crippen LogP contribution >= 0.6 is 11.6 Å². The maximum absolute atomic E-state index is 9.30. The molecular weight excluding hydrogens is 226 g/mol. The molecule has 0 aliphatic rings. The summed E-state index contributed by atoms with van der Waals surface area (Å²) in [6, 6.07) is 5.57. The number of halogens is 1. The summed E-state index contributed by atoms with van der Waals surface area (Å²) in [7, 11) is 1.68. The molecule has 1 aromatic rings. The number of hydrogen-bond acceptors (Lipinski definition) is 3. The third-order valence-electron chi connectivity index (χ3n) is 2.50. The van der Waals surface area contributed by atoms with E-state index in [1.807, 2.05) is 12.1 Å². The molecule has 16 heavy (non-hydrogen) atoms. The molecule has 0 saturated carbocycles. The van der Waals surface area contributed by atoms with Crippen LogP contribution in [0.4, 0.5) is 5.69 Å². The van der Waals surface area contributed by atoms with Gasteiger partial charge >= 0.3 is 0 Å². The molecule has 0 unspecified atom stereocenters. The molecule has 1 aromatic carbocycles. The Morgan fingerprint density at radius 1 is 1.44 bits per heavy atom. The van der Waals surface area contributed by atoms with Gasteiger partial charge in [-0.2, -0.15) is 0 Å². The van der Waals surface area contributed by atoms with Gasteiger partial charge in [0.1, 0.15) is 0 Å². The van der Waals surface area contributed by atoms with Gasteiger partial charge < -0.3 is 14.7 Å². The zero-order valence-corrected chi connectivity index (χ0v) is 10.5. The lowest BCUT2D eigenvalue weighted by Crippen LogP contribution is -2.27. The van der Waals surface area contributed by atoms with Crippen LogP contribution in [0.15, 0.2) is 18.2 Å². The average molecular weight is 244 g/mol. The standard InChI is InChI=1S/C12H18ClNO2/c1-3-14(6-7-16-2)12-5-4-11(13)8-10(12)9-15/h4-5,8,15H,3,6-7,9H2,1-2H3. The largest absolute Gasteiger partial charge is 0.392 e. The summed E-state index contributed by atoms with van der Waals surface area (Å²) in [5.41, 5.74) is 1.87. The number of methoxy groups -OCH3 is 1. The molecule has 3 nitrogen and oxygen atoms in total. The zero-order chi connectivity index (χ0) is 12.0. The molecule has 0 atom stereocenters. The fourth-order valence-electron chi connectivity index (χ4n) is 1.64. The van der Waals surface area contributed by atoms with Gasteiger partial charge in [-0.3, -0.25) is 0 Å². The number of benzene rings is 1. The fourth-order valence-corrected chi connectivity index (χ4v) is 1.83. The van der Waals surface area contributed by atoms with Crippen molar-refractivity contribution >= 4 is 17.3 Å². The Balaban J connectivity index is 2.90. The highest BCUT2D eigenvalue weighted by Crippen LogP contribution is 2.24. The van der Waals surface area contributed by atoms with Gasteiger partial charge in [0.25, 0.3) is 0 Å². The van der Waals surface area contributed by atoms with Gasteiger partial charge in [-0.25, -0.2) is 0 Å². The van der Waals surface area contributed by atoms with Gasteiger partial charge in [-0.05, 0) is 25.1 Å². The Kier molecular flexibility index (Phi) is 5.60. The summed E-state index contributed by atoms with van der Waals surface area (Å²) in [4.78, 5) is 2.16. The Morgan fingerprint density at radius 2 is 2.19 bits per heavy atom. The Bertz CT molecular complexity index is 331. The predicted octanol–water partition coefficient (Wildman–Crippen LogP) is 2.31. The van der Waals surface area contributed by atoms with Crippen molar-refractivity contribution in [3.63, 3.8) is 0 Å². The van der Waals surface area contributed by atoms with Gasteiger partial charge in [0, 0.05) is 36.5 Å². The van der Waals surface area contributed by atoms with E-state index < -0.39 is 0 Å². The molecule has 0 fully saturated rings. The van der Waals surface area contributed by atoms with E-state index in [0.29, 0.717) is 11.6 Å². The molecule has 0 radical (unpaired) electrons. The second kappa shape index (κ2) is 6.74. The van der Waals surface area contributed by atoms with Crippen LogP contribution in [-0.4, -0.2) is 31.9 Å². The van der Waals surface area contributed by atoms with Crippen LogP contribution in [0.3, 0.4) is 0 Å². The molecule has 90 valence electrons. The smallest absolute Gasteiger partial charge is 0.0702 e. The van der Waals surface area contributed by atoms with E-state index in [-0.39, 0.29) is 6.61 Å². The van der Waals surface area contributed by atoms with Gasteiger partial charge in [0.05, 0.1) is 13.2 Å². The minimum Gasteiger partial charge on any atom is -0.392 e. The van der Waals surface area contributed by atoms with Crippen molar-refractivity contribution in [1.82, 2.24) is 0 Å². The fraction of sp³-hybridized carbons (Fsp3) is 0.500. The molecule has 0 bridgehead atoms. The van der Waals surface area contributed by atoms with E-state index in [0.717, 1.165) is 24.3 Å². The third-order valence-corrected chi connectivity index (χ3v) is 2.73. The van der Waals surface area contributed by atoms with Crippen molar-refractivity contribution in [1.29, 1.82) is 0 Å². The number of aliphatic hydroxyl groups is 1. The number of likely N-dealkylation sites (N-methyl/N-ethyl adjacent to an activating group) is 1. The minimum atomic E-state index is -0.000620. The first-order valence-corrected chi connectivity index (χ1v) is 5.73. The second-order valence-corrected chi connectivity index (χ2v) is 3.94. The van der Waals surface area contributed by atoms with E-state index in [1.165, 1.54) is 0 Å². The van der Waals surface area contributed by atoms with Crippen LogP contribution in [0.5, 0.6) is 0 Å². The van der Waals surface area contributed by atoms with E-state index >= 15 is 0 Å². The summed E-state index contributed by atoms with van der Waals surface area (Å²) in [6.45, 7) is 4.42. The van der Waals surface area contributed by atoms with Gasteiger partial charge in [0.15, 0.2) is 0 Å². The molecule has 4 heteroatoms. The van der Waals surface area contributed by atoms with E-state index in [9.17, 15) is 5.11 Å². The van der Waals surface area contributed by atoms with E-state index in [2.05, 4.69) is 11.8 Å². The molecule has 0 spiro atoms. The monoisotopic (exact) mass is 243 g/mol. The van der Waals surface area contributed by atoms with E-state index in [4.69, 9.17) is 16.3 Å². The lowest BCUT2D eigenvalue weighted by molar-refractivity contribution is 0.205. The van der Waals surface area contributed by atoms with Crippen molar-refractivity contribution in [2.24, 2.45) is 0 Å². The molecule has 0 amide bonds. The van der Waals surface area contributed by atoms with Gasteiger partial charge in [-0.1, -0.05) is 11.6 Å². The first-order chi connectivity index (χ1) is 7.72. The van der Waals surface area contributed by atoms with Crippen LogP contribution in [-0.2, 0) is 11.3 Å². The number of rotatable bonds is 6. The highest BCUT2D eigenvalue weighted by Gasteiger charge is 2.09.